The van der Waals surface area contributed by atoms with Gasteiger partial charge in [-0.05, 0) is 67.1 Å². The summed E-state index contributed by atoms with van der Waals surface area (Å²) >= 11 is 7.86. The lowest BCUT2D eigenvalue weighted by molar-refractivity contribution is -0.129. The van der Waals surface area contributed by atoms with Gasteiger partial charge in [-0.25, -0.2) is 28.4 Å². The third-order valence-corrected chi connectivity index (χ3v) is 13.1. The second kappa shape index (κ2) is 12.3. The summed E-state index contributed by atoms with van der Waals surface area (Å²) in [6.45, 7) is 3.74. The number of thiophene rings is 1. The number of halogens is 1. The third-order valence-electron chi connectivity index (χ3n) is 11.6. The number of fused-ring (bicyclic) bond motifs is 5. The van der Waals surface area contributed by atoms with E-state index in [1.54, 1.807) is 67.8 Å². The first kappa shape index (κ1) is 34.9. The van der Waals surface area contributed by atoms with Crippen molar-refractivity contribution in [3.63, 3.8) is 0 Å². The van der Waals surface area contributed by atoms with E-state index in [-0.39, 0.29) is 35.8 Å². The normalized spacial score (nSPS) is 21.7. The van der Waals surface area contributed by atoms with Crippen molar-refractivity contribution in [1.82, 2.24) is 23.7 Å². The highest BCUT2D eigenvalue weighted by atomic mass is 35.5. The zero-order valence-electron chi connectivity index (χ0n) is 30.4. The number of aryl methyl sites for hydroxylation is 2. The number of benzene rings is 3. The Morgan fingerprint density at radius 2 is 1.75 bits per heavy atom. The number of allylic oxidation sites excluding steroid dienone is 2. The molecule has 0 bridgehead atoms. The van der Waals surface area contributed by atoms with Crippen LogP contribution in [-0.2, 0) is 23.2 Å². The van der Waals surface area contributed by atoms with E-state index in [9.17, 15) is 19.5 Å². The molecular weight excluding hydrogens is 744 g/mol. The van der Waals surface area contributed by atoms with E-state index < -0.39 is 46.5 Å². The molecule has 0 spiro atoms. The van der Waals surface area contributed by atoms with Crippen molar-refractivity contribution < 1.29 is 24.2 Å². The van der Waals surface area contributed by atoms with E-state index >= 15 is 4.79 Å². The van der Waals surface area contributed by atoms with Crippen LogP contribution in [0.4, 0.5) is 5.82 Å². The first-order chi connectivity index (χ1) is 26.4. The molecule has 2 amide bonds. The lowest BCUT2D eigenvalue weighted by Crippen LogP contribution is -2.49. The summed E-state index contributed by atoms with van der Waals surface area (Å²) < 4.78 is 17.7. The van der Waals surface area contributed by atoms with Crippen LogP contribution >= 0.6 is 22.9 Å². The molecule has 3 aromatic heterocycles. The number of rotatable bonds is 6. The molecule has 4 unspecified atom stereocenters. The predicted octanol–water partition coefficient (Wildman–Crippen LogP) is 5.97. The lowest BCUT2D eigenvalue weighted by atomic mass is 9.56. The van der Waals surface area contributed by atoms with Crippen molar-refractivity contribution in [2.75, 3.05) is 19.1 Å². The van der Waals surface area contributed by atoms with Gasteiger partial charge in [0.1, 0.15) is 28.8 Å². The Kier molecular flexibility index (Phi) is 7.82. The number of phenols is 1. The number of ether oxygens (including phenoxy) is 2. The number of hydrogen-bond acceptors (Lipinski definition) is 9. The van der Waals surface area contributed by atoms with Gasteiger partial charge in [0.2, 0.25) is 11.8 Å². The molecule has 5 heterocycles. The minimum Gasteiger partial charge on any atom is -0.507 e. The van der Waals surface area contributed by atoms with Crippen molar-refractivity contribution in [1.29, 1.82) is 0 Å². The summed E-state index contributed by atoms with van der Waals surface area (Å²) in [5.74, 6) is -2.28. The van der Waals surface area contributed by atoms with Crippen LogP contribution < -0.4 is 25.8 Å². The molecule has 6 aromatic rings. The van der Waals surface area contributed by atoms with Crippen molar-refractivity contribution in [2.45, 2.75) is 38.8 Å². The monoisotopic (exact) mass is 778 g/mol. The molecule has 15 heteroatoms. The van der Waals surface area contributed by atoms with Crippen LogP contribution in [-0.4, -0.2) is 54.9 Å². The largest absolute Gasteiger partial charge is 0.507 e. The molecule has 1 saturated carbocycles. The summed E-state index contributed by atoms with van der Waals surface area (Å²) in [5.41, 5.74) is 0.272. The van der Waals surface area contributed by atoms with E-state index in [2.05, 4.69) is 0 Å². The number of imide groups is 1. The highest BCUT2D eigenvalue weighted by Crippen LogP contribution is 2.63. The lowest BCUT2D eigenvalue weighted by Gasteiger charge is -2.47. The number of methoxy groups -OCH3 is 2. The fraction of sp³-hybridized carbons (Fsp3) is 0.275. The first-order valence-corrected chi connectivity index (χ1v) is 18.8. The summed E-state index contributed by atoms with van der Waals surface area (Å²) in [7, 11) is 4.60. The molecule has 9 rings (SSSR count). The van der Waals surface area contributed by atoms with Gasteiger partial charge in [-0.2, -0.15) is 5.10 Å². The SMILES string of the molecule is COc1cc(O)c(C2C3=CCn4c(=O)n(-c5ccccc5)c(=O)n4C3CC3C(=O)N(c4cc(-c5sc6ccc(Cl)cc6c5C)nn4C)C(=O)C32C)c(OC)c1. The summed E-state index contributed by atoms with van der Waals surface area (Å²) in [5, 5.41) is 18.1. The highest BCUT2D eigenvalue weighted by Gasteiger charge is 2.66. The number of amides is 2. The first-order valence-electron chi connectivity index (χ1n) is 17.6. The van der Waals surface area contributed by atoms with Crippen molar-refractivity contribution in [2.24, 2.45) is 18.4 Å². The number of aromatic nitrogens is 5. The number of anilines is 1. The quantitative estimate of drug-likeness (QED) is 0.161. The van der Waals surface area contributed by atoms with E-state index in [1.165, 1.54) is 39.2 Å². The maximum absolute atomic E-state index is 15.2. The molecule has 55 heavy (non-hydrogen) atoms. The predicted molar refractivity (Wildman–Crippen MR) is 208 cm³/mol. The number of para-hydroxylation sites is 1. The van der Waals surface area contributed by atoms with Gasteiger partial charge < -0.3 is 14.6 Å². The second-order valence-corrected chi connectivity index (χ2v) is 15.8. The number of nitrogens with zero attached hydrogens (tertiary/aromatic N) is 6. The maximum atomic E-state index is 15.2. The molecule has 3 aliphatic rings. The molecule has 2 fully saturated rings. The van der Waals surface area contributed by atoms with Crippen LogP contribution in [0.3, 0.4) is 0 Å². The van der Waals surface area contributed by atoms with Crippen LogP contribution in [0.2, 0.25) is 5.02 Å². The minimum absolute atomic E-state index is 0.0207. The fourth-order valence-electron chi connectivity index (χ4n) is 8.98. The standard InChI is InChI=1S/C40H35ClN6O7S/c1-20-25-15-21(41)11-12-31(25)55-35(20)27-19-32(43(3)42-27)46-36(49)26-18-28-24(13-14-44-38(51)45(39(52)47(28)44)22-9-7-6-8-10-22)34(40(26,2)37(46)50)33-29(48)16-23(53-4)17-30(33)54-5/h6-13,15-17,19,26,28,34,48H,14,18H2,1-5H3. The number of carbonyl (C=O) groups excluding carboxylic acids is 2. The van der Waals surface area contributed by atoms with Gasteiger partial charge in [-0.1, -0.05) is 35.9 Å². The maximum Gasteiger partial charge on any atom is 0.352 e. The molecule has 2 aliphatic heterocycles. The number of hydrogen-bond donors (Lipinski definition) is 1. The van der Waals surface area contributed by atoms with Crippen LogP contribution in [0.1, 0.15) is 36.4 Å². The Bertz CT molecular complexity index is 2780. The smallest absolute Gasteiger partial charge is 0.352 e. The topological polar surface area (TPSA) is 143 Å². The molecule has 0 radical (unpaired) electrons. The van der Waals surface area contributed by atoms with E-state index in [4.69, 9.17) is 26.2 Å². The van der Waals surface area contributed by atoms with E-state index in [0.29, 0.717) is 27.7 Å². The third kappa shape index (κ3) is 4.80. The molecule has 13 nitrogen and oxygen atoms in total. The van der Waals surface area contributed by atoms with Gasteiger partial charge in [-0.3, -0.25) is 14.3 Å². The van der Waals surface area contributed by atoms with E-state index in [0.717, 1.165) is 25.1 Å². The van der Waals surface area contributed by atoms with Gasteiger partial charge in [0, 0.05) is 46.5 Å². The highest BCUT2D eigenvalue weighted by molar-refractivity contribution is 7.22. The Hall–Kier alpha value is -5.86. The van der Waals surface area contributed by atoms with Gasteiger partial charge in [0.25, 0.3) is 0 Å². The van der Waals surface area contributed by atoms with Gasteiger partial charge in [0.05, 0.1) is 48.7 Å². The summed E-state index contributed by atoms with van der Waals surface area (Å²) in [4.78, 5) is 60.4. The number of phenolic OH excluding ortho intramolecular Hbond substituents is 1. The summed E-state index contributed by atoms with van der Waals surface area (Å²) in [6, 6.07) is 18.3. The average molecular weight is 779 g/mol. The summed E-state index contributed by atoms with van der Waals surface area (Å²) in [6.07, 6.45) is 1.87. The zero-order chi connectivity index (χ0) is 38.7. The molecule has 1 aliphatic carbocycles. The molecule has 4 atom stereocenters. The van der Waals surface area contributed by atoms with Crippen LogP contribution in [0.15, 0.2) is 88.0 Å². The zero-order valence-corrected chi connectivity index (χ0v) is 32.0. The molecule has 1 N–H and O–H groups in total. The molecule has 3 aromatic carbocycles. The Labute approximate surface area is 322 Å². The van der Waals surface area contributed by atoms with Crippen LogP contribution in [0.5, 0.6) is 17.2 Å². The second-order valence-electron chi connectivity index (χ2n) is 14.3. The van der Waals surface area contributed by atoms with Gasteiger partial charge in [0.15, 0.2) is 0 Å². The number of aromatic hydroxyl groups is 1. The molecular formula is C40H35ClN6O7S. The Balaban J connectivity index is 1.23. The van der Waals surface area contributed by atoms with Crippen LogP contribution in [0.25, 0.3) is 26.3 Å². The molecule has 280 valence electrons. The van der Waals surface area contributed by atoms with Gasteiger partial charge in [-0.15, -0.1) is 11.3 Å². The average Bonchev–Trinajstić information content (AvgIpc) is 3.85. The van der Waals surface area contributed by atoms with Crippen LogP contribution in [0, 0.1) is 18.3 Å². The van der Waals surface area contributed by atoms with Crippen molar-refractivity contribution in [3.8, 4) is 33.5 Å². The van der Waals surface area contributed by atoms with Crippen molar-refractivity contribution >= 4 is 50.7 Å². The minimum atomic E-state index is -1.47. The molecule has 1 saturated heterocycles. The fourth-order valence-corrected chi connectivity index (χ4v) is 10.3. The van der Waals surface area contributed by atoms with E-state index in [1.807, 2.05) is 31.2 Å². The van der Waals surface area contributed by atoms with Gasteiger partial charge >= 0.3 is 11.4 Å². The number of carbonyl (C=O) groups is 2. The van der Waals surface area contributed by atoms with Crippen molar-refractivity contribution in [3.05, 3.63) is 115 Å². The Morgan fingerprint density at radius 1 is 0.982 bits per heavy atom. The Morgan fingerprint density at radius 3 is 2.47 bits per heavy atom.